The van der Waals surface area contributed by atoms with Crippen molar-refractivity contribution in [1.29, 1.82) is 0 Å². The van der Waals surface area contributed by atoms with E-state index >= 15 is 0 Å². The van der Waals surface area contributed by atoms with E-state index < -0.39 is 0 Å². The van der Waals surface area contributed by atoms with Gasteiger partial charge >= 0.3 is 0 Å². The van der Waals surface area contributed by atoms with Gasteiger partial charge in [0.25, 0.3) is 0 Å². The molecule has 1 aromatic carbocycles. The van der Waals surface area contributed by atoms with Crippen LogP contribution in [0.1, 0.15) is 24.3 Å². The third-order valence-electron chi connectivity index (χ3n) is 3.96. The van der Waals surface area contributed by atoms with Crippen molar-refractivity contribution in [3.05, 3.63) is 29.8 Å². The van der Waals surface area contributed by atoms with E-state index in [-0.39, 0.29) is 0 Å². The van der Waals surface area contributed by atoms with Crippen LogP contribution in [0.3, 0.4) is 0 Å². The van der Waals surface area contributed by atoms with Crippen LogP contribution in [-0.4, -0.2) is 39.5 Å². The van der Waals surface area contributed by atoms with Gasteiger partial charge in [-0.1, -0.05) is 12.1 Å². The Kier molecular flexibility index (Phi) is 3.81. The minimum atomic E-state index is 0.692. The van der Waals surface area contributed by atoms with Crippen LogP contribution in [0.25, 0.3) is 0 Å². The molecule has 3 nitrogen and oxygen atoms in total. The number of nitrogens with zero attached hydrogens (tertiary/aromatic N) is 1. The highest BCUT2D eigenvalue weighted by Gasteiger charge is 2.16. The zero-order valence-corrected chi connectivity index (χ0v) is 10.8. The van der Waals surface area contributed by atoms with E-state index in [2.05, 4.69) is 29.2 Å². The van der Waals surface area contributed by atoms with E-state index in [1.54, 1.807) is 0 Å². The maximum absolute atomic E-state index is 5.42. The fraction of sp³-hybridized carbons (Fsp3) is 0.600. The Morgan fingerprint density at radius 2 is 1.44 bits per heavy atom. The summed E-state index contributed by atoms with van der Waals surface area (Å²) in [5.74, 6) is 0.692. The lowest BCUT2D eigenvalue weighted by Gasteiger charge is -2.29. The lowest BCUT2D eigenvalue weighted by Crippen LogP contribution is -2.36. The zero-order chi connectivity index (χ0) is 12.2. The van der Waals surface area contributed by atoms with Crippen LogP contribution in [0.15, 0.2) is 24.3 Å². The van der Waals surface area contributed by atoms with Crippen molar-refractivity contribution in [2.24, 2.45) is 0 Å². The Balaban J connectivity index is 1.67. The first-order chi connectivity index (χ1) is 8.93. The van der Waals surface area contributed by atoms with E-state index in [0.717, 1.165) is 52.4 Å². The molecule has 3 heteroatoms. The molecule has 2 fully saturated rings. The number of ether oxygens (including phenoxy) is 2. The zero-order valence-electron chi connectivity index (χ0n) is 10.8. The number of benzene rings is 1. The SMILES string of the molecule is c1cc(N2CCOCC2)ccc1C1CCOCC1. The predicted molar refractivity (Wildman–Crippen MR) is 72.3 cm³/mol. The second-order valence-electron chi connectivity index (χ2n) is 5.08. The Labute approximate surface area is 109 Å². The van der Waals surface area contributed by atoms with Gasteiger partial charge < -0.3 is 14.4 Å². The van der Waals surface area contributed by atoms with Crippen molar-refractivity contribution in [2.45, 2.75) is 18.8 Å². The van der Waals surface area contributed by atoms with Crippen molar-refractivity contribution in [1.82, 2.24) is 0 Å². The van der Waals surface area contributed by atoms with Crippen LogP contribution in [0.5, 0.6) is 0 Å². The van der Waals surface area contributed by atoms with Crippen LogP contribution in [0.2, 0.25) is 0 Å². The van der Waals surface area contributed by atoms with Gasteiger partial charge in [0.05, 0.1) is 13.2 Å². The Hall–Kier alpha value is -1.06. The molecular formula is C15H21NO2. The molecule has 0 saturated carbocycles. The molecule has 0 amide bonds. The van der Waals surface area contributed by atoms with Gasteiger partial charge in [-0.25, -0.2) is 0 Å². The summed E-state index contributed by atoms with van der Waals surface area (Å²) in [5, 5.41) is 0. The number of hydrogen-bond donors (Lipinski definition) is 0. The summed E-state index contributed by atoms with van der Waals surface area (Å²) in [6.45, 7) is 5.54. The maximum atomic E-state index is 5.42. The molecule has 0 spiro atoms. The van der Waals surface area contributed by atoms with Crippen molar-refractivity contribution >= 4 is 5.69 Å². The van der Waals surface area contributed by atoms with Crippen LogP contribution < -0.4 is 4.90 Å². The smallest absolute Gasteiger partial charge is 0.0642 e. The first-order valence-electron chi connectivity index (χ1n) is 6.94. The number of hydrogen-bond acceptors (Lipinski definition) is 3. The molecule has 0 aliphatic carbocycles. The van der Waals surface area contributed by atoms with Gasteiger partial charge in [0, 0.05) is 32.0 Å². The summed E-state index contributed by atoms with van der Waals surface area (Å²) in [5.41, 5.74) is 2.80. The summed E-state index contributed by atoms with van der Waals surface area (Å²) in [7, 11) is 0. The molecule has 2 aliphatic rings. The average molecular weight is 247 g/mol. The third kappa shape index (κ3) is 2.68. The van der Waals surface area contributed by atoms with Gasteiger partial charge in [0.1, 0.15) is 0 Å². The van der Waals surface area contributed by atoms with E-state index in [1.807, 2.05) is 0 Å². The highest BCUT2D eigenvalue weighted by atomic mass is 16.5. The molecule has 3 rings (SSSR count). The number of anilines is 1. The fourth-order valence-corrected chi connectivity index (χ4v) is 2.81. The minimum absolute atomic E-state index is 0.692. The molecule has 1 aromatic rings. The molecule has 98 valence electrons. The summed E-state index contributed by atoms with van der Waals surface area (Å²) in [6.07, 6.45) is 2.33. The summed E-state index contributed by atoms with van der Waals surface area (Å²) < 4.78 is 10.8. The van der Waals surface area contributed by atoms with Crippen LogP contribution >= 0.6 is 0 Å². The largest absolute Gasteiger partial charge is 0.381 e. The van der Waals surface area contributed by atoms with Crippen LogP contribution in [0, 0.1) is 0 Å². The van der Waals surface area contributed by atoms with Gasteiger partial charge in [-0.2, -0.15) is 0 Å². The Morgan fingerprint density at radius 1 is 0.833 bits per heavy atom. The standard InChI is InChI=1S/C15H21NO2/c1-3-15(16-7-11-18-12-8-16)4-2-13(1)14-5-9-17-10-6-14/h1-4,14H,5-12H2. The van der Waals surface area contributed by atoms with E-state index in [0.29, 0.717) is 5.92 Å². The maximum Gasteiger partial charge on any atom is 0.0642 e. The number of rotatable bonds is 2. The molecule has 0 bridgehead atoms. The molecule has 0 atom stereocenters. The van der Waals surface area contributed by atoms with Crippen LogP contribution in [0.4, 0.5) is 5.69 Å². The van der Waals surface area contributed by atoms with E-state index in [4.69, 9.17) is 9.47 Å². The first-order valence-corrected chi connectivity index (χ1v) is 6.94. The van der Waals surface area contributed by atoms with Crippen LogP contribution in [-0.2, 0) is 9.47 Å². The summed E-state index contributed by atoms with van der Waals surface area (Å²) in [6, 6.07) is 9.10. The van der Waals surface area contributed by atoms with Crippen molar-refractivity contribution in [3.63, 3.8) is 0 Å². The van der Waals surface area contributed by atoms with Gasteiger partial charge in [-0.15, -0.1) is 0 Å². The molecule has 18 heavy (non-hydrogen) atoms. The predicted octanol–water partition coefficient (Wildman–Crippen LogP) is 2.42. The molecule has 2 aliphatic heterocycles. The van der Waals surface area contributed by atoms with Gasteiger partial charge in [0.15, 0.2) is 0 Å². The van der Waals surface area contributed by atoms with E-state index in [9.17, 15) is 0 Å². The quantitative estimate of drug-likeness (QED) is 0.801. The second-order valence-corrected chi connectivity index (χ2v) is 5.08. The van der Waals surface area contributed by atoms with Crippen molar-refractivity contribution < 1.29 is 9.47 Å². The van der Waals surface area contributed by atoms with Gasteiger partial charge in [-0.3, -0.25) is 0 Å². The minimum Gasteiger partial charge on any atom is -0.381 e. The topological polar surface area (TPSA) is 21.7 Å². The van der Waals surface area contributed by atoms with Crippen molar-refractivity contribution in [3.8, 4) is 0 Å². The lowest BCUT2D eigenvalue weighted by molar-refractivity contribution is 0.0853. The molecule has 0 aromatic heterocycles. The fourth-order valence-electron chi connectivity index (χ4n) is 2.81. The van der Waals surface area contributed by atoms with Gasteiger partial charge in [-0.05, 0) is 36.5 Å². The highest BCUT2D eigenvalue weighted by Crippen LogP contribution is 2.28. The highest BCUT2D eigenvalue weighted by molar-refractivity contribution is 5.48. The molecule has 2 saturated heterocycles. The monoisotopic (exact) mass is 247 g/mol. The molecular weight excluding hydrogens is 226 g/mol. The molecule has 2 heterocycles. The Bertz CT molecular complexity index is 328. The average Bonchev–Trinajstić information content (AvgIpc) is 2.49. The third-order valence-corrected chi connectivity index (χ3v) is 3.96. The molecule has 0 unspecified atom stereocenters. The second kappa shape index (κ2) is 5.72. The molecule has 0 N–H and O–H groups in total. The summed E-state index contributed by atoms with van der Waals surface area (Å²) >= 11 is 0. The van der Waals surface area contributed by atoms with Gasteiger partial charge in [0.2, 0.25) is 0 Å². The molecule has 0 radical (unpaired) electrons. The Morgan fingerprint density at radius 3 is 2.11 bits per heavy atom. The number of morpholine rings is 1. The van der Waals surface area contributed by atoms with E-state index in [1.165, 1.54) is 11.3 Å². The first kappa shape index (κ1) is 12.0. The normalized spacial score (nSPS) is 22.1. The lowest BCUT2D eigenvalue weighted by atomic mass is 9.91. The van der Waals surface area contributed by atoms with Crippen molar-refractivity contribution in [2.75, 3.05) is 44.4 Å². The summed E-state index contributed by atoms with van der Waals surface area (Å²) in [4.78, 5) is 2.40.